The molecule has 0 saturated heterocycles. The Balaban J connectivity index is 2.01. The van der Waals surface area contributed by atoms with Crippen LogP contribution in [0.3, 0.4) is 0 Å². The number of nitrogens with zero attached hydrogens (tertiary/aromatic N) is 2. The summed E-state index contributed by atoms with van der Waals surface area (Å²) in [6, 6.07) is 9.51. The highest BCUT2D eigenvalue weighted by Gasteiger charge is 2.26. The van der Waals surface area contributed by atoms with Gasteiger partial charge in [0.15, 0.2) is 0 Å². The van der Waals surface area contributed by atoms with Crippen molar-refractivity contribution in [2.75, 3.05) is 26.8 Å². The summed E-state index contributed by atoms with van der Waals surface area (Å²) in [7, 11) is -2.70. The standard InChI is InChI=1S/C19H22N2O6S/c1-15-6-8-17(9-7-15)28(24,25)21(14-18(22)26-2)11-4-12-27-19(23)16-5-3-10-20-13-16/h3,5-10,13H,4,11-12,14H2,1-2H3. The molecular formula is C19H22N2O6S. The minimum Gasteiger partial charge on any atom is -0.468 e. The highest BCUT2D eigenvalue weighted by Crippen LogP contribution is 2.17. The van der Waals surface area contributed by atoms with Gasteiger partial charge in [-0.15, -0.1) is 0 Å². The van der Waals surface area contributed by atoms with E-state index in [1.807, 2.05) is 6.92 Å². The molecular weight excluding hydrogens is 384 g/mol. The molecule has 0 spiro atoms. The summed E-state index contributed by atoms with van der Waals surface area (Å²) >= 11 is 0. The molecule has 0 bridgehead atoms. The molecule has 0 aliphatic rings. The lowest BCUT2D eigenvalue weighted by molar-refractivity contribution is -0.140. The van der Waals surface area contributed by atoms with E-state index in [9.17, 15) is 18.0 Å². The molecule has 0 unspecified atom stereocenters. The molecule has 0 radical (unpaired) electrons. The van der Waals surface area contributed by atoms with Crippen LogP contribution in [0.1, 0.15) is 22.3 Å². The van der Waals surface area contributed by atoms with Crippen molar-refractivity contribution in [3.63, 3.8) is 0 Å². The van der Waals surface area contributed by atoms with E-state index in [1.165, 1.54) is 31.6 Å². The Morgan fingerprint density at radius 1 is 1.14 bits per heavy atom. The van der Waals surface area contributed by atoms with Crippen LogP contribution in [0.4, 0.5) is 0 Å². The number of rotatable bonds is 9. The number of aryl methyl sites for hydroxylation is 1. The van der Waals surface area contributed by atoms with E-state index in [0.29, 0.717) is 5.56 Å². The van der Waals surface area contributed by atoms with Gasteiger partial charge in [0.05, 0.1) is 24.2 Å². The van der Waals surface area contributed by atoms with Crippen LogP contribution in [-0.4, -0.2) is 56.5 Å². The first-order valence-electron chi connectivity index (χ1n) is 8.55. The fourth-order valence-electron chi connectivity index (χ4n) is 2.32. The highest BCUT2D eigenvalue weighted by atomic mass is 32.2. The third-order valence-corrected chi connectivity index (χ3v) is 5.73. The Hall–Kier alpha value is -2.78. The molecule has 0 atom stereocenters. The van der Waals surface area contributed by atoms with E-state index in [2.05, 4.69) is 9.72 Å². The number of ether oxygens (including phenoxy) is 2. The van der Waals surface area contributed by atoms with Crippen LogP contribution in [0.2, 0.25) is 0 Å². The Kier molecular flexibility index (Phi) is 7.65. The van der Waals surface area contributed by atoms with Crippen LogP contribution in [0, 0.1) is 6.92 Å². The molecule has 0 fully saturated rings. The molecule has 2 rings (SSSR count). The number of methoxy groups -OCH3 is 1. The van der Waals surface area contributed by atoms with Gasteiger partial charge in [-0.25, -0.2) is 13.2 Å². The first-order valence-corrected chi connectivity index (χ1v) is 9.99. The van der Waals surface area contributed by atoms with Crippen molar-refractivity contribution in [1.82, 2.24) is 9.29 Å². The zero-order valence-corrected chi connectivity index (χ0v) is 16.5. The smallest absolute Gasteiger partial charge is 0.339 e. The van der Waals surface area contributed by atoms with Crippen molar-refractivity contribution in [3.8, 4) is 0 Å². The lowest BCUT2D eigenvalue weighted by Crippen LogP contribution is -2.37. The summed E-state index contributed by atoms with van der Waals surface area (Å²) in [5, 5.41) is 0. The maximum absolute atomic E-state index is 12.8. The van der Waals surface area contributed by atoms with E-state index >= 15 is 0 Å². The fraction of sp³-hybridized carbons (Fsp3) is 0.316. The topological polar surface area (TPSA) is 103 Å². The fourth-order valence-corrected chi connectivity index (χ4v) is 3.75. The molecule has 1 aromatic heterocycles. The molecule has 9 heteroatoms. The molecule has 0 N–H and O–H groups in total. The van der Waals surface area contributed by atoms with Gasteiger partial charge >= 0.3 is 11.9 Å². The third-order valence-electron chi connectivity index (χ3n) is 3.87. The lowest BCUT2D eigenvalue weighted by atomic mass is 10.2. The van der Waals surface area contributed by atoms with E-state index in [0.717, 1.165) is 9.87 Å². The maximum Gasteiger partial charge on any atom is 0.339 e. The number of hydrogen-bond acceptors (Lipinski definition) is 7. The molecule has 1 aromatic carbocycles. The average Bonchev–Trinajstić information content (AvgIpc) is 2.70. The second-order valence-corrected chi connectivity index (χ2v) is 7.90. The number of carbonyl (C=O) groups excluding carboxylic acids is 2. The summed E-state index contributed by atoms with van der Waals surface area (Å²) in [6.07, 6.45) is 3.14. The largest absolute Gasteiger partial charge is 0.468 e. The molecule has 8 nitrogen and oxygen atoms in total. The molecule has 0 amide bonds. The Labute approximate surface area is 164 Å². The normalized spacial score (nSPS) is 11.2. The first-order chi connectivity index (χ1) is 13.3. The summed E-state index contributed by atoms with van der Waals surface area (Å²) in [4.78, 5) is 27.5. The number of sulfonamides is 1. The maximum atomic E-state index is 12.8. The van der Waals surface area contributed by atoms with Gasteiger partial charge < -0.3 is 9.47 Å². The number of aromatic nitrogens is 1. The highest BCUT2D eigenvalue weighted by molar-refractivity contribution is 7.89. The lowest BCUT2D eigenvalue weighted by Gasteiger charge is -2.21. The van der Waals surface area contributed by atoms with Crippen LogP contribution < -0.4 is 0 Å². The van der Waals surface area contributed by atoms with Gasteiger partial charge in [0, 0.05) is 18.9 Å². The van der Waals surface area contributed by atoms with Crippen LogP contribution in [-0.2, 0) is 24.3 Å². The molecule has 0 saturated carbocycles. The zero-order valence-electron chi connectivity index (χ0n) is 15.7. The van der Waals surface area contributed by atoms with Gasteiger partial charge in [-0.1, -0.05) is 17.7 Å². The number of pyridine rings is 1. The predicted octanol–water partition coefficient (Wildman–Crippen LogP) is 1.80. The van der Waals surface area contributed by atoms with E-state index in [-0.39, 0.29) is 24.5 Å². The van der Waals surface area contributed by atoms with Crippen LogP contribution in [0.25, 0.3) is 0 Å². The Bertz CT molecular complexity index is 898. The molecule has 0 aliphatic carbocycles. The van der Waals surface area contributed by atoms with Gasteiger partial charge in [0.1, 0.15) is 6.54 Å². The van der Waals surface area contributed by atoms with Crippen molar-refractivity contribution < 1.29 is 27.5 Å². The van der Waals surface area contributed by atoms with Crippen LogP contribution >= 0.6 is 0 Å². The van der Waals surface area contributed by atoms with E-state index < -0.39 is 28.5 Å². The zero-order chi connectivity index (χ0) is 20.6. The van der Waals surface area contributed by atoms with Crippen molar-refractivity contribution in [1.29, 1.82) is 0 Å². The predicted molar refractivity (Wildman–Crippen MR) is 101 cm³/mol. The van der Waals surface area contributed by atoms with Gasteiger partial charge in [0.25, 0.3) is 0 Å². The Morgan fingerprint density at radius 3 is 2.46 bits per heavy atom. The number of esters is 2. The summed E-state index contributed by atoms with van der Waals surface area (Å²) in [6.45, 7) is 1.41. The summed E-state index contributed by atoms with van der Waals surface area (Å²) < 4.78 is 36.4. The Morgan fingerprint density at radius 2 is 1.86 bits per heavy atom. The quantitative estimate of drug-likeness (QED) is 0.462. The van der Waals surface area contributed by atoms with Gasteiger partial charge in [-0.2, -0.15) is 4.31 Å². The van der Waals surface area contributed by atoms with Crippen molar-refractivity contribution in [2.45, 2.75) is 18.2 Å². The van der Waals surface area contributed by atoms with E-state index in [4.69, 9.17) is 4.74 Å². The van der Waals surface area contributed by atoms with Crippen molar-refractivity contribution in [3.05, 3.63) is 59.9 Å². The minimum atomic E-state index is -3.89. The van der Waals surface area contributed by atoms with Crippen molar-refractivity contribution in [2.24, 2.45) is 0 Å². The number of hydrogen-bond donors (Lipinski definition) is 0. The first kappa shape index (κ1) is 21.5. The van der Waals surface area contributed by atoms with Crippen LogP contribution in [0.15, 0.2) is 53.7 Å². The summed E-state index contributed by atoms with van der Waals surface area (Å²) in [5.74, 6) is -1.22. The molecule has 0 aliphatic heterocycles. The van der Waals surface area contributed by atoms with E-state index in [1.54, 1.807) is 24.3 Å². The molecule has 150 valence electrons. The SMILES string of the molecule is COC(=O)CN(CCCOC(=O)c1cccnc1)S(=O)(=O)c1ccc(C)cc1. The number of benzene rings is 1. The van der Waals surface area contributed by atoms with Crippen LogP contribution in [0.5, 0.6) is 0 Å². The van der Waals surface area contributed by atoms with Gasteiger partial charge in [0.2, 0.25) is 10.0 Å². The monoisotopic (exact) mass is 406 g/mol. The average molecular weight is 406 g/mol. The third kappa shape index (κ3) is 5.86. The second kappa shape index (κ2) is 9.95. The number of carbonyl (C=O) groups is 2. The minimum absolute atomic E-state index is 0.00514. The van der Waals surface area contributed by atoms with Crippen molar-refractivity contribution >= 4 is 22.0 Å². The summed E-state index contributed by atoms with van der Waals surface area (Å²) in [5.41, 5.74) is 1.22. The molecule has 28 heavy (non-hydrogen) atoms. The second-order valence-electron chi connectivity index (χ2n) is 5.96. The van der Waals surface area contributed by atoms with Gasteiger partial charge in [-0.3, -0.25) is 9.78 Å². The van der Waals surface area contributed by atoms with Gasteiger partial charge in [-0.05, 0) is 37.6 Å². The molecule has 2 aromatic rings. The molecule has 1 heterocycles.